The van der Waals surface area contributed by atoms with Crippen LogP contribution in [0.2, 0.25) is 0 Å². The first-order valence-corrected chi connectivity index (χ1v) is 12.6. The maximum atomic E-state index is 5.90. The van der Waals surface area contributed by atoms with E-state index in [0.29, 0.717) is 16.8 Å². The van der Waals surface area contributed by atoms with E-state index in [-0.39, 0.29) is 6.04 Å². The maximum Gasteiger partial charge on any atom is 0.258 e. The highest BCUT2D eigenvalue weighted by Crippen LogP contribution is 2.39. The lowest BCUT2D eigenvalue weighted by molar-refractivity contribution is 0.404. The van der Waals surface area contributed by atoms with E-state index in [1.165, 1.54) is 16.7 Å². The highest BCUT2D eigenvalue weighted by atomic mass is 32.1. The molecule has 1 unspecified atom stereocenters. The van der Waals surface area contributed by atoms with Crippen LogP contribution in [0.3, 0.4) is 0 Å². The Kier molecular flexibility index (Phi) is 6.46. The molecule has 36 heavy (non-hydrogen) atoms. The van der Waals surface area contributed by atoms with Crippen LogP contribution in [-0.2, 0) is 6.42 Å². The number of anilines is 1. The van der Waals surface area contributed by atoms with Crippen molar-refractivity contribution < 1.29 is 4.52 Å². The summed E-state index contributed by atoms with van der Waals surface area (Å²) in [6.45, 7) is 10.5. The van der Waals surface area contributed by atoms with Gasteiger partial charge >= 0.3 is 0 Å². The molecule has 0 amide bonds. The molecule has 5 rings (SSSR count). The van der Waals surface area contributed by atoms with E-state index in [1.54, 1.807) is 0 Å². The van der Waals surface area contributed by atoms with E-state index in [1.807, 2.05) is 12.1 Å². The SMILES string of the molecule is CCc1ccc(C2NC(=S)N(c3ccc(C)c(C)c3)C(C)=C2c2nc(-c3cccc(C)c3)no2)cc1. The Bertz CT molecular complexity index is 1470. The summed E-state index contributed by atoms with van der Waals surface area (Å²) in [5.74, 6) is 1.05. The summed E-state index contributed by atoms with van der Waals surface area (Å²) in [5, 5.41) is 8.54. The molecule has 0 radical (unpaired) electrons. The molecule has 0 aliphatic carbocycles. The highest BCUT2D eigenvalue weighted by Gasteiger charge is 2.34. The zero-order chi connectivity index (χ0) is 25.4. The van der Waals surface area contributed by atoms with Crippen molar-refractivity contribution in [3.05, 3.63) is 106 Å². The molecule has 1 aromatic heterocycles. The summed E-state index contributed by atoms with van der Waals surface area (Å²) in [6.07, 6.45) is 0.989. The molecule has 0 spiro atoms. The Morgan fingerprint density at radius 2 is 1.72 bits per heavy atom. The molecule has 0 bridgehead atoms. The van der Waals surface area contributed by atoms with Crippen LogP contribution in [0, 0.1) is 20.8 Å². The number of hydrogen-bond donors (Lipinski definition) is 1. The molecule has 182 valence electrons. The van der Waals surface area contributed by atoms with Crippen molar-refractivity contribution in [2.45, 2.75) is 47.1 Å². The van der Waals surface area contributed by atoms with Gasteiger partial charge in [-0.05, 0) is 86.8 Å². The fourth-order valence-electron chi connectivity index (χ4n) is 4.63. The molecule has 2 heterocycles. The van der Waals surface area contributed by atoms with Crippen molar-refractivity contribution in [1.82, 2.24) is 15.5 Å². The van der Waals surface area contributed by atoms with Crippen molar-refractivity contribution in [3.8, 4) is 11.4 Å². The lowest BCUT2D eigenvalue weighted by Crippen LogP contribution is -2.46. The van der Waals surface area contributed by atoms with Gasteiger partial charge in [-0.2, -0.15) is 4.98 Å². The average molecular weight is 495 g/mol. The predicted octanol–water partition coefficient (Wildman–Crippen LogP) is 7.09. The van der Waals surface area contributed by atoms with Crippen LogP contribution >= 0.6 is 12.2 Å². The average Bonchev–Trinajstić information content (AvgIpc) is 3.36. The second-order valence-corrected chi connectivity index (χ2v) is 9.76. The van der Waals surface area contributed by atoms with Gasteiger partial charge in [0.1, 0.15) is 0 Å². The first-order chi connectivity index (χ1) is 17.4. The second kappa shape index (κ2) is 9.70. The van der Waals surface area contributed by atoms with Gasteiger partial charge in [-0.15, -0.1) is 0 Å². The minimum absolute atomic E-state index is 0.211. The monoisotopic (exact) mass is 494 g/mol. The minimum atomic E-state index is -0.211. The molecule has 4 aromatic rings. The minimum Gasteiger partial charge on any atom is -0.351 e. The van der Waals surface area contributed by atoms with Gasteiger partial charge in [0.15, 0.2) is 5.11 Å². The molecule has 1 atom stereocenters. The molecular weight excluding hydrogens is 464 g/mol. The number of allylic oxidation sites excluding steroid dienone is 1. The number of aryl methyl sites for hydroxylation is 4. The normalized spacial score (nSPS) is 15.9. The number of benzene rings is 3. The van der Waals surface area contributed by atoms with Crippen molar-refractivity contribution >= 4 is 28.6 Å². The third-order valence-corrected chi connectivity index (χ3v) is 7.19. The number of thiocarbonyl (C=S) groups is 1. The van der Waals surface area contributed by atoms with Crippen LogP contribution < -0.4 is 10.2 Å². The Labute approximate surface area is 217 Å². The molecule has 0 saturated heterocycles. The quantitative estimate of drug-likeness (QED) is 0.299. The summed E-state index contributed by atoms with van der Waals surface area (Å²) in [5.41, 5.74) is 9.79. The summed E-state index contributed by atoms with van der Waals surface area (Å²) in [7, 11) is 0. The molecular formula is C30H30N4OS. The van der Waals surface area contributed by atoms with Gasteiger partial charge in [-0.3, -0.25) is 4.90 Å². The fourth-order valence-corrected chi connectivity index (χ4v) is 4.99. The van der Waals surface area contributed by atoms with E-state index in [9.17, 15) is 0 Å². The summed E-state index contributed by atoms with van der Waals surface area (Å²) >= 11 is 5.90. The van der Waals surface area contributed by atoms with Crippen LogP contribution in [0.15, 0.2) is 77.0 Å². The first-order valence-electron chi connectivity index (χ1n) is 12.2. The highest BCUT2D eigenvalue weighted by molar-refractivity contribution is 7.80. The number of hydrogen-bond acceptors (Lipinski definition) is 4. The van der Waals surface area contributed by atoms with E-state index in [0.717, 1.165) is 40.1 Å². The zero-order valence-corrected chi connectivity index (χ0v) is 22.1. The van der Waals surface area contributed by atoms with Crippen LogP contribution in [0.4, 0.5) is 5.69 Å². The Morgan fingerprint density at radius 1 is 0.944 bits per heavy atom. The fraction of sp³-hybridized carbons (Fsp3) is 0.233. The van der Waals surface area contributed by atoms with Crippen molar-refractivity contribution in [3.63, 3.8) is 0 Å². The number of rotatable bonds is 5. The molecule has 0 saturated carbocycles. The lowest BCUT2D eigenvalue weighted by atomic mass is 9.93. The molecule has 1 aliphatic heterocycles. The number of nitrogens with one attached hydrogen (secondary N) is 1. The van der Waals surface area contributed by atoms with E-state index in [2.05, 4.69) is 105 Å². The van der Waals surface area contributed by atoms with Gasteiger partial charge in [-0.1, -0.05) is 66.2 Å². The Hall–Kier alpha value is -3.77. The van der Waals surface area contributed by atoms with Gasteiger partial charge in [0.2, 0.25) is 5.82 Å². The third-order valence-electron chi connectivity index (χ3n) is 6.89. The van der Waals surface area contributed by atoms with E-state index >= 15 is 0 Å². The molecule has 3 aromatic carbocycles. The zero-order valence-electron chi connectivity index (χ0n) is 21.3. The van der Waals surface area contributed by atoms with Gasteiger partial charge in [0, 0.05) is 16.9 Å². The van der Waals surface area contributed by atoms with Crippen molar-refractivity contribution in [2.24, 2.45) is 0 Å². The van der Waals surface area contributed by atoms with Gasteiger partial charge < -0.3 is 9.84 Å². The van der Waals surface area contributed by atoms with E-state index < -0.39 is 0 Å². The summed E-state index contributed by atoms with van der Waals surface area (Å²) in [4.78, 5) is 6.90. The first kappa shape index (κ1) is 23.9. The second-order valence-electron chi connectivity index (χ2n) is 9.37. The molecule has 1 N–H and O–H groups in total. The van der Waals surface area contributed by atoms with Crippen LogP contribution in [0.25, 0.3) is 17.0 Å². The smallest absolute Gasteiger partial charge is 0.258 e. The standard InChI is InChI=1S/C30H30N4OS/c1-6-22-11-13-23(14-12-22)27-26(29-32-28(33-35-29)24-9-7-8-18(2)16-24)21(5)34(30(36)31-27)25-15-10-19(3)20(4)17-25/h7-17,27H,6H2,1-5H3,(H,31,36). The molecule has 5 nitrogen and oxygen atoms in total. The molecule has 6 heteroatoms. The van der Waals surface area contributed by atoms with Gasteiger partial charge in [0.25, 0.3) is 5.89 Å². The Morgan fingerprint density at radius 3 is 2.42 bits per heavy atom. The van der Waals surface area contributed by atoms with Crippen LogP contribution in [0.1, 0.15) is 53.6 Å². The third kappa shape index (κ3) is 4.44. The summed E-state index contributed by atoms with van der Waals surface area (Å²) in [6, 6.07) is 22.9. The number of nitrogens with zero attached hydrogens (tertiary/aromatic N) is 3. The summed E-state index contributed by atoms with van der Waals surface area (Å²) < 4.78 is 5.90. The van der Waals surface area contributed by atoms with Gasteiger partial charge in [0.05, 0.1) is 11.6 Å². The van der Waals surface area contributed by atoms with E-state index in [4.69, 9.17) is 21.7 Å². The largest absolute Gasteiger partial charge is 0.351 e. The molecule has 0 fully saturated rings. The maximum absolute atomic E-state index is 5.90. The lowest BCUT2D eigenvalue weighted by Gasteiger charge is -2.37. The topological polar surface area (TPSA) is 54.2 Å². The van der Waals surface area contributed by atoms with Gasteiger partial charge in [-0.25, -0.2) is 0 Å². The Balaban J connectivity index is 1.65. The van der Waals surface area contributed by atoms with Crippen molar-refractivity contribution in [2.75, 3.05) is 4.90 Å². The predicted molar refractivity (Wildman–Crippen MR) is 150 cm³/mol. The number of aromatic nitrogens is 2. The van der Waals surface area contributed by atoms with Crippen molar-refractivity contribution in [1.29, 1.82) is 0 Å². The van der Waals surface area contributed by atoms with Crippen LogP contribution in [-0.4, -0.2) is 15.3 Å². The molecule has 1 aliphatic rings. The van der Waals surface area contributed by atoms with Crippen LogP contribution in [0.5, 0.6) is 0 Å².